The summed E-state index contributed by atoms with van der Waals surface area (Å²) in [5.74, 6) is -3.29. The fourth-order valence-electron chi connectivity index (χ4n) is 6.58. The number of ketones is 2. The van der Waals surface area contributed by atoms with Gasteiger partial charge >= 0.3 is 23.9 Å². The molecule has 0 saturated heterocycles. The van der Waals surface area contributed by atoms with Crippen LogP contribution in [-0.2, 0) is 48.6 Å². The Morgan fingerprint density at radius 2 is 1.27 bits per heavy atom. The molecular formula is C59H69F2N4O16S+. The van der Waals surface area contributed by atoms with Crippen LogP contribution in [0.15, 0.2) is 128 Å². The van der Waals surface area contributed by atoms with Gasteiger partial charge in [-0.1, -0.05) is 48.5 Å². The van der Waals surface area contributed by atoms with Crippen molar-refractivity contribution in [3.8, 4) is 11.1 Å². The highest BCUT2D eigenvalue weighted by atomic mass is 32.2. The minimum atomic E-state index is -3.67. The molecule has 23 heteroatoms. The second-order valence-electron chi connectivity index (χ2n) is 18.2. The van der Waals surface area contributed by atoms with Crippen molar-refractivity contribution < 1.29 is 85.4 Å². The number of para-hydroxylation sites is 2. The number of aliphatic carboxylic acids is 4. The number of hydrogen-bond donors (Lipinski definition) is 7. The number of carbonyl (C=O) groups is 7. The molecule has 1 heterocycles. The average Bonchev–Trinajstić information content (AvgIpc) is 4.24. The molecule has 440 valence electrons. The number of aromatic nitrogens is 1. The van der Waals surface area contributed by atoms with Crippen molar-refractivity contribution in [2.24, 2.45) is 17.8 Å². The molecule has 4 aliphatic rings. The number of nitrogens with zero attached hydrogens (tertiary/aromatic N) is 2. The van der Waals surface area contributed by atoms with Gasteiger partial charge in [0.05, 0.1) is 43.7 Å². The maximum absolute atomic E-state index is 13.4. The summed E-state index contributed by atoms with van der Waals surface area (Å²) in [4.78, 5) is 87.9. The van der Waals surface area contributed by atoms with Gasteiger partial charge in [-0.15, -0.1) is 0 Å². The van der Waals surface area contributed by atoms with E-state index in [1.54, 1.807) is 63.7 Å². The number of benzene rings is 4. The van der Waals surface area contributed by atoms with Crippen molar-refractivity contribution in [1.29, 1.82) is 0 Å². The van der Waals surface area contributed by atoms with Crippen LogP contribution in [-0.4, -0.2) is 119 Å². The number of hydrogen-bond acceptors (Lipinski definition) is 14. The first-order valence-corrected chi connectivity index (χ1v) is 27.1. The van der Waals surface area contributed by atoms with Crippen LogP contribution in [0.4, 0.5) is 14.5 Å². The van der Waals surface area contributed by atoms with Gasteiger partial charge in [-0.2, -0.15) is 8.42 Å². The van der Waals surface area contributed by atoms with E-state index in [-0.39, 0.29) is 53.3 Å². The van der Waals surface area contributed by atoms with Crippen LogP contribution in [0.2, 0.25) is 0 Å². The molecule has 0 bridgehead atoms. The van der Waals surface area contributed by atoms with Crippen molar-refractivity contribution >= 4 is 74.1 Å². The molecule has 5 aromatic rings. The van der Waals surface area contributed by atoms with Gasteiger partial charge in [0.1, 0.15) is 17.4 Å². The molecule has 0 atom stereocenters. The van der Waals surface area contributed by atoms with Crippen LogP contribution < -0.4 is 11.2 Å². The number of hydroxylamine groups is 3. The lowest BCUT2D eigenvalue weighted by Crippen LogP contribution is -2.26. The fraction of sp³-hybridized carbons (Fsp3) is 0.305. The molecule has 0 spiro atoms. The Labute approximate surface area is 474 Å². The van der Waals surface area contributed by atoms with E-state index in [2.05, 4.69) is 16.9 Å². The zero-order valence-electron chi connectivity index (χ0n) is 45.9. The first-order valence-electron chi connectivity index (χ1n) is 25.3. The quantitative estimate of drug-likeness (QED) is 0.0121. The summed E-state index contributed by atoms with van der Waals surface area (Å²) in [6.45, 7) is 3.16. The number of rotatable bonds is 16. The third kappa shape index (κ3) is 29.1. The monoisotopic (exact) mass is 1160 g/mol. The largest absolute Gasteiger partial charge is 0.481 e. The number of carboxylic acid groups (broad SMARTS) is 4. The van der Waals surface area contributed by atoms with Gasteiger partial charge in [-0.3, -0.25) is 33.6 Å². The average molecular weight is 1160 g/mol. The smallest absolute Gasteiger partial charge is 0.413 e. The van der Waals surface area contributed by atoms with Gasteiger partial charge < -0.3 is 31.0 Å². The van der Waals surface area contributed by atoms with E-state index >= 15 is 0 Å². The van der Waals surface area contributed by atoms with Gasteiger partial charge in [0.25, 0.3) is 10.1 Å². The van der Waals surface area contributed by atoms with E-state index in [1.807, 2.05) is 24.3 Å². The van der Waals surface area contributed by atoms with Gasteiger partial charge in [0.2, 0.25) is 5.91 Å². The predicted molar refractivity (Wildman–Crippen MR) is 304 cm³/mol. The topological polar surface area (TPSA) is 327 Å². The maximum atomic E-state index is 13.4. The van der Waals surface area contributed by atoms with Crippen LogP contribution in [0, 0.1) is 35.8 Å². The van der Waals surface area contributed by atoms with Crippen molar-refractivity contribution in [3.63, 3.8) is 0 Å². The van der Waals surface area contributed by atoms with Crippen LogP contribution in [0.5, 0.6) is 0 Å². The summed E-state index contributed by atoms with van der Waals surface area (Å²) in [6.07, 6.45) is 16.3. The first kappa shape index (κ1) is 69.6. The highest BCUT2D eigenvalue weighted by molar-refractivity contribution is 7.85. The van der Waals surface area contributed by atoms with Crippen molar-refractivity contribution in [3.05, 3.63) is 168 Å². The minimum absolute atomic E-state index is 0.0185. The fourth-order valence-corrected chi connectivity index (χ4v) is 6.58. The molecular weight excluding hydrogens is 1090 g/mol. The number of nitrogens with one attached hydrogen (secondary N) is 1. The lowest BCUT2D eigenvalue weighted by molar-refractivity contribution is -0.170. The zero-order valence-corrected chi connectivity index (χ0v) is 46.8. The Kier molecular flexibility index (Phi) is 30.6. The van der Waals surface area contributed by atoms with Crippen LogP contribution >= 0.6 is 0 Å². The third-order valence-corrected chi connectivity index (χ3v) is 11.3. The molecule has 0 unspecified atom stereocenters. The molecule has 0 aliphatic heterocycles. The molecule has 82 heavy (non-hydrogen) atoms. The first-order chi connectivity index (χ1) is 38.8. The number of amides is 1. The van der Waals surface area contributed by atoms with Gasteiger partial charge in [-0.05, 0) is 118 Å². The number of Topliss-reactive ketones (excluding diaryl/α,β-unsaturated/α-hetero) is 1. The highest BCUT2D eigenvalue weighted by Crippen LogP contribution is 2.45. The number of nitrogens with two attached hydrogens (primary N) is 1. The molecule has 4 aromatic carbocycles. The van der Waals surface area contributed by atoms with E-state index in [4.69, 9.17) is 40.5 Å². The van der Waals surface area contributed by atoms with Crippen LogP contribution in [0.3, 0.4) is 0 Å². The zero-order chi connectivity index (χ0) is 61.5. The Bertz CT molecular complexity index is 3090. The lowest BCUT2D eigenvalue weighted by atomic mass is 9.92. The van der Waals surface area contributed by atoms with Crippen molar-refractivity contribution in [1.82, 2.24) is 15.5 Å². The Morgan fingerprint density at radius 3 is 1.68 bits per heavy atom. The van der Waals surface area contributed by atoms with Crippen LogP contribution in [0.1, 0.15) is 90.9 Å². The summed E-state index contributed by atoms with van der Waals surface area (Å²) in [5, 5.41) is 35.3. The van der Waals surface area contributed by atoms with Gasteiger partial charge in [0.15, 0.2) is 12.2 Å². The van der Waals surface area contributed by atoms with Crippen molar-refractivity contribution in [2.45, 2.75) is 63.7 Å². The summed E-state index contributed by atoms with van der Waals surface area (Å²) in [6, 6.07) is 26.3. The predicted octanol–water partition coefficient (Wildman–Crippen LogP) is 9.28. The number of nitrogen functional groups attached to an aromatic ring is 1. The highest BCUT2D eigenvalue weighted by Gasteiger charge is 2.33. The Morgan fingerprint density at radius 1 is 0.768 bits per heavy atom. The van der Waals surface area contributed by atoms with E-state index < -0.39 is 34.0 Å². The standard InChI is InChI=1S/C21H16FNO2.C13H10FNO.C8H10O3.C6H11NO2.C4H6O2.C4H4O2.C2H7NO.CH4O3S/c22-15-9-7-13(8-10-15)20-16-3-1-2-4-18(16)23-21(14-5-6-14)17(20)11-12-19(24)25;14-10-7-5-9(6-8-10)13(16)11-3-1-2-4-12(11)15;9-7(6-4-5-6)2-1-3-8(10)11;1-7(9-2)6(8)5-3-4-5;5-4(6)3-1-2-3;1-2-3-4(5)6;1-3-4-2;1-5(2,3)4/h1-4,7-12,14H,5-6H2,(H,24,25);1-8H,15H2;1,3,6H,2,4-5H2,(H,10,11);5H,3-4H2,1-2H3;3H,1-2H2,(H,5,6);2-3H,1H2;3H,1-2H3;1H3,(H,2,3,4)/p+1/b12-11+;;3-1+;;;;;. The molecule has 20 nitrogen and oxygen atoms in total. The van der Waals surface area contributed by atoms with Crippen LogP contribution in [0.25, 0.3) is 28.1 Å². The van der Waals surface area contributed by atoms with E-state index in [0.717, 1.165) is 103 Å². The second kappa shape index (κ2) is 36.0. The van der Waals surface area contributed by atoms with E-state index in [1.165, 1.54) is 60.7 Å². The molecule has 4 saturated carbocycles. The molecule has 1 aromatic heterocycles. The summed E-state index contributed by atoms with van der Waals surface area (Å²) in [7, 11) is 2.75. The third-order valence-electron chi connectivity index (χ3n) is 11.3. The molecule has 4 aliphatic carbocycles. The number of pyridine rings is 1. The normalized spacial score (nSPS) is 13.6. The Hall–Kier alpha value is -8.48. The van der Waals surface area contributed by atoms with E-state index in [9.17, 15) is 50.8 Å². The molecule has 8 N–H and O–H groups in total. The lowest BCUT2D eigenvalue weighted by Gasteiger charge is -2.15. The molecule has 0 radical (unpaired) electrons. The molecule has 9 rings (SSSR count). The summed E-state index contributed by atoms with van der Waals surface area (Å²) >= 11 is 0. The Balaban J connectivity index is 0.000000349. The SMILES string of the molecule is C=C[CH+]C(=O)O.CNOC.CON(C)C(=O)C1CC1.CS(=O)(=O)O.Nc1ccccc1C(=O)c1ccc(F)cc1.O=C(O)/C=C/CC(=O)C1CC1.O=C(O)/C=C/c1c(C2CC2)nc2ccccc2c1-c1ccc(F)cc1.O=C(O)C1CC1. The van der Waals surface area contributed by atoms with E-state index in [0.29, 0.717) is 29.0 Å². The number of allylic oxidation sites excluding steroid dienone is 1. The number of carboxylic acids is 4. The minimum Gasteiger partial charge on any atom is -0.481 e. The summed E-state index contributed by atoms with van der Waals surface area (Å²) < 4.78 is 51.9. The van der Waals surface area contributed by atoms with Gasteiger partial charge in [0, 0.05) is 90.3 Å². The molecule has 1 amide bonds. The second-order valence-corrected chi connectivity index (χ2v) is 19.6. The number of carbonyl (C=O) groups excluding carboxylic acids is 3. The number of anilines is 1. The van der Waals surface area contributed by atoms with Crippen molar-refractivity contribution in [2.75, 3.05) is 40.3 Å². The summed E-state index contributed by atoms with van der Waals surface area (Å²) in [5.41, 5.74) is 13.8. The number of halogens is 2. The van der Waals surface area contributed by atoms with Gasteiger partial charge in [-0.25, -0.2) is 33.7 Å². The maximum Gasteiger partial charge on any atom is 0.413 e. The molecule has 4 fully saturated rings. The number of fused-ring (bicyclic) bond motifs is 1.